The Morgan fingerprint density at radius 3 is 2.80 bits per heavy atom. The summed E-state index contributed by atoms with van der Waals surface area (Å²) in [6.07, 6.45) is 6.60. The van der Waals surface area contributed by atoms with Gasteiger partial charge < -0.3 is 9.88 Å². The number of rotatable bonds is 3. The highest BCUT2D eigenvalue weighted by Gasteiger charge is 2.32. The van der Waals surface area contributed by atoms with Crippen molar-refractivity contribution in [1.29, 1.82) is 0 Å². The van der Waals surface area contributed by atoms with E-state index in [4.69, 9.17) is 0 Å². The van der Waals surface area contributed by atoms with Gasteiger partial charge in [0.15, 0.2) is 0 Å². The van der Waals surface area contributed by atoms with Crippen LogP contribution in [0.5, 0.6) is 0 Å². The maximum absolute atomic E-state index is 14.0. The van der Waals surface area contributed by atoms with Gasteiger partial charge in [0.2, 0.25) is 0 Å². The summed E-state index contributed by atoms with van der Waals surface area (Å²) in [5.74, 6) is 0.362. The Kier molecular flexibility index (Phi) is 4.01. The number of carbonyl (C=O) groups is 1. The fourth-order valence-electron chi connectivity index (χ4n) is 3.28. The van der Waals surface area contributed by atoms with Crippen LogP contribution in [0, 0.1) is 5.82 Å². The average Bonchev–Trinajstić information content (AvgIpc) is 3.31. The molecule has 1 aromatic carbocycles. The third kappa shape index (κ3) is 2.91. The topological polar surface area (TPSA) is 61.9 Å². The van der Waals surface area contributed by atoms with Gasteiger partial charge in [-0.1, -0.05) is 12.1 Å². The molecule has 1 aliphatic rings. The Morgan fingerprint density at radius 2 is 2.00 bits per heavy atom. The highest BCUT2D eigenvalue weighted by Crippen LogP contribution is 2.33. The lowest BCUT2D eigenvalue weighted by Gasteiger charge is -2.23. The largest absolute Gasteiger partial charge is 0.340 e. The van der Waals surface area contributed by atoms with E-state index >= 15 is 0 Å². The highest BCUT2D eigenvalue weighted by molar-refractivity contribution is 5.94. The van der Waals surface area contributed by atoms with Crippen molar-refractivity contribution < 1.29 is 9.18 Å². The van der Waals surface area contributed by atoms with Crippen molar-refractivity contribution in [2.24, 2.45) is 0 Å². The molecule has 0 spiro atoms. The van der Waals surface area contributed by atoms with E-state index in [2.05, 4.69) is 15.0 Å². The third-order valence-electron chi connectivity index (χ3n) is 4.52. The van der Waals surface area contributed by atoms with Gasteiger partial charge in [-0.25, -0.2) is 9.37 Å². The normalized spacial score (nSPS) is 17.0. The Balaban J connectivity index is 1.61. The van der Waals surface area contributed by atoms with E-state index < -0.39 is 0 Å². The number of carbonyl (C=O) groups excluding carboxylic acids is 1. The van der Waals surface area contributed by atoms with Crippen molar-refractivity contribution in [3.05, 3.63) is 72.2 Å². The van der Waals surface area contributed by atoms with Gasteiger partial charge in [-0.2, -0.15) is 0 Å². The molecular weight excluding hydrogens is 319 g/mol. The Labute approximate surface area is 144 Å². The zero-order chi connectivity index (χ0) is 17.2. The van der Waals surface area contributed by atoms with Crippen LogP contribution in [0.15, 0.2) is 55.0 Å². The van der Waals surface area contributed by atoms with Crippen molar-refractivity contribution in [3.8, 4) is 11.3 Å². The SMILES string of the molecule is O=C(c1ccncc1)N1CCC[C@@H]1c1ncc(-c2ccccc2F)[nH]1. The molecule has 1 saturated heterocycles. The molecule has 0 unspecified atom stereocenters. The number of hydrogen-bond donors (Lipinski definition) is 1. The maximum Gasteiger partial charge on any atom is 0.254 e. The standard InChI is InChI=1S/C19H17FN4O/c20-15-5-2-1-4-14(15)16-12-22-18(23-16)17-6-3-11-24(17)19(25)13-7-9-21-10-8-13/h1-2,4-5,7-10,12,17H,3,6,11H2,(H,22,23)/t17-/m1/s1. The zero-order valence-corrected chi connectivity index (χ0v) is 13.5. The summed E-state index contributed by atoms with van der Waals surface area (Å²) in [6.45, 7) is 0.682. The second kappa shape index (κ2) is 6.47. The first-order valence-corrected chi connectivity index (χ1v) is 8.25. The molecule has 1 atom stereocenters. The molecule has 1 fully saturated rings. The minimum absolute atomic E-state index is 0.0336. The zero-order valence-electron chi connectivity index (χ0n) is 13.5. The van der Waals surface area contributed by atoms with Crippen LogP contribution in [0.25, 0.3) is 11.3 Å². The molecule has 0 aliphatic carbocycles. The van der Waals surface area contributed by atoms with Gasteiger partial charge >= 0.3 is 0 Å². The lowest BCUT2D eigenvalue weighted by Crippen LogP contribution is -2.31. The van der Waals surface area contributed by atoms with Crippen LogP contribution in [0.2, 0.25) is 0 Å². The molecule has 1 N–H and O–H groups in total. The molecule has 0 bridgehead atoms. The Bertz CT molecular complexity index is 893. The quantitative estimate of drug-likeness (QED) is 0.795. The van der Waals surface area contributed by atoms with Crippen LogP contribution < -0.4 is 0 Å². The predicted octanol–water partition coefficient (Wildman–Crippen LogP) is 3.59. The molecule has 1 amide bonds. The Hall–Kier alpha value is -3.02. The van der Waals surface area contributed by atoms with E-state index in [-0.39, 0.29) is 17.8 Å². The number of aromatic amines is 1. The summed E-state index contributed by atoms with van der Waals surface area (Å²) in [5, 5.41) is 0. The number of nitrogens with one attached hydrogen (secondary N) is 1. The van der Waals surface area contributed by atoms with Crippen LogP contribution in [0.1, 0.15) is 35.1 Å². The number of imidazole rings is 1. The minimum atomic E-state index is -0.297. The first-order chi connectivity index (χ1) is 12.2. The molecule has 6 heteroatoms. The van der Waals surface area contributed by atoms with Crippen LogP contribution >= 0.6 is 0 Å². The van der Waals surface area contributed by atoms with Gasteiger partial charge in [-0.15, -0.1) is 0 Å². The smallest absolute Gasteiger partial charge is 0.254 e. The second-order valence-corrected chi connectivity index (χ2v) is 6.05. The number of hydrogen-bond acceptors (Lipinski definition) is 3. The first-order valence-electron chi connectivity index (χ1n) is 8.25. The van der Waals surface area contributed by atoms with Gasteiger partial charge in [0.1, 0.15) is 11.6 Å². The van der Waals surface area contributed by atoms with E-state index in [0.717, 1.165) is 12.8 Å². The summed E-state index contributed by atoms with van der Waals surface area (Å²) in [6, 6.07) is 9.87. The first kappa shape index (κ1) is 15.5. The second-order valence-electron chi connectivity index (χ2n) is 6.05. The minimum Gasteiger partial charge on any atom is -0.340 e. The molecule has 3 aromatic rings. The van der Waals surface area contributed by atoms with Crippen molar-refractivity contribution in [3.63, 3.8) is 0 Å². The monoisotopic (exact) mass is 336 g/mol. The number of likely N-dealkylation sites (tertiary alicyclic amines) is 1. The van der Waals surface area contributed by atoms with Gasteiger partial charge in [0.25, 0.3) is 5.91 Å². The van der Waals surface area contributed by atoms with E-state index in [0.29, 0.717) is 29.2 Å². The molecule has 1 aliphatic heterocycles. The fourth-order valence-corrected chi connectivity index (χ4v) is 3.28. The Morgan fingerprint density at radius 1 is 1.20 bits per heavy atom. The molecule has 3 heterocycles. The van der Waals surface area contributed by atoms with Crippen molar-refractivity contribution >= 4 is 5.91 Å². The van der Waals surface area contributed by atoms with Crippen molar-refractivity contribution in [2.75, 3.05) is 6.54 Å². The molecule has 126 valence electrons. The summed E-state index contributed by atoms with van der Waals surface area (Å²) in [5.41, 5.74) is 1.71. The van der Waals surface area contributed by atoms with Crippen molar-refractivity contribution in [1.82, 2.24) is 19.9 Å². The van der Waals surface area contributed by atoms with E-state index in [1.54, 1.807) is 48.9 Å². The number of halogens is 1. The number of pyridine rings is 1. The average molecular weight is 336 g/mol. The number of aromatic nitrogens is 3. The lowest BCUT2D eigenvalue weighted by molar-refractivity contribution is 0.0730. The summed E-state index contributed by atoms with van der Waals surface area (Å²) in [7, 11) is 0. The van der Waals surface area contributed by atoms with Crippen LogP contribution in [0.4, 0.5) is 4.39 Å². The molecule has 25 heavy (non-hydrogen) atoms. The van der Waals surface area contributed by atoms with Crippen LogP contribution in [-0.4, -0.2) is 32.3 Å². The molecule has 0 radical (unpaired) electrons. The predicted molar refractivity (Wildman–Crippen MR) is 91.2 cm³/mol. The van der Waals surface area contributed by atoms with Crippen LogP contribution in [0.3, 0.4) is 0 Å². The summed E-state index contributed by atoms with van der Waals surface area (Å²) < 4.78 is 14.0. The number of H-pyrrole nitrogens is 1. The highest BCUT2D eigenvalue weighted by atomic mass is 19.1. The molecule has 5 nitrogen and oxygen atoms in total. The maximum atomic E-state index is 14.0. The molecule has 4 rings (SSSR count). The molecular formula is C19H17FN4O. The van der Waals surface area contributed by atoms with E-state index in [9.17, 15) is 9.18 Å². The van der Waals surface area contributed by atoms with Crippen molar-refractivity contribution in [2.45, 2.75) is 18.9 Å². The van der Waals surface area contributed by atoms with E-state index in [1.807, 2.05) is 4.90 Å². The third-order valence-corrected chi connectivity index (χ3v) is 4.52. The lowest BCUT2D eigenvalue weighted by atomic mass is 10.1. The number of benzene rings is 1. The van der Waals surface area contributed by atoms with Gasteiger partial charge in [0.05, 0.1) is 17.9 Å². The van der Waals surface area contributed by atoms with Gasteiger partial charge in [0, 0.05) is 30.1 Å². The number of amides is 1. The fraction of sp³-hybridized carbons (Fsp3) is 0.211. The summed E-state index contributed by atoms with van der Waals surface area (Å²) >= 11 is 0. The van der Waals surface area contributed by atoms with Crippen LogP contribution in [-0.2, 0) is 0 Å². The summed E-state index contributed by atoms with van der Waals surface area (Å²) in [4.78, 5) is 26.1. The molecule has 2 aromatic heterocycles. The van der Waals surface area contributed by atoms with Gasteiger partial charge in [-0.3, -0.25) is 9.78 Å². The molecule has 0 saturated carbocycles. The van der Waals surface area contributed by atoms with E-state index in [1.165, 1.54) is 6.07 Å². The van der Waals surface area contributed by atoms with Gasteiger partial charge in [-0.05, 0) is 37.1 Å². The number of nitrogens with zero attached hydrogens (tertiary/aromatic N) is 3.